The molecular formula is C10H12O4. The standard InChI is InChI=1S/C10H12O4/c11-5-10-7(12)6-13-8-3-1-2-4-9(8)14-10/h1-4,7,10-12H,5-6H2/t7-,10-/m1/s1. The third-order valence-corrected chi connectivity index (χ3v) is 2.15. The Bertz CT molecular complexity index is 313. The van der Waals surface area contributed by atoms with Crippen LogP contribution in [-0.4, -0.2) is 35.6 Å². The molecule has 1 aromatic rings. The summed E-state index contributed by atoms with van der Waals surface area (Å²) in [7, 11) is 0. The Morgan fingerprint density at radius 3 is 2.71 bits per heavy atom. The number of benzene rings is 1. The highest BCUT2D eigenvalue weighted by Crippen LogP contribution is 2.30. The third kappa shape index (κ3) is 1.66. The van der Waals surface area contributed by atoms with E-state index in [9.17, 15) is 5.11 Å². The number of ether oxygens (including phenoxy) is 2. The van der Waals surface area contributed by atoms with Gasteiger partial charge >= 0.3 is 0 Å². The summed E-state index contributed by atoms with van der Waals surface area (Å²) in [6.07, 6.45) is -1.41. The van der Waals surface area contributed by atoms with E-state index in [2.05, 4.69) is 0 Å². The van der Waals surface area contributed by atoms with Crippen LogP contribution in [0.2, 0.25) is 0 Å². The highest BCUT2D eigenvalue weighted by atomic mass is 16.6. The van der Waals surface area contributed by atoms with Crippen molar-refractivity contribution in [3.63, 3.8) is 0 Å². The highest BCUT2D eigenvalue weighted by molar-refractivity contribution is 5.40. The summed E-state index contributed by atoms with van der Waals surface area (Å²) >= 11 is 0. The molecule has 0 amide bonds. The van der Waals surface area contributed by atoms with E-state index >= 15 is 0 Å². The van der Waals surface area contributed by atoms with Crippen LogP contribution in [0.5, 0.6) is 11.5 Å². The number of para-hydroxylation sites is 2. The Balaban J connectivity index is 2.26. The monoisotopic (exact) mass is 196 g/mol. The average molecular weight is 196 g/mol. The molecule has 0 bridgehead atoms. The molecule has 0 unspecified atom stereocenters. The molecule has 14 heavy (non-hydrogen) atoms. The van der Waals surface area contributed by atoms with Gasteiger partial charge in [-0.1, -0.05) is 12.1 Å². The first-order valence-corrected chi connectivity index (χ1v) is 4.48. The molecule has 1 aromatic carbocycles. The second kappa shape index (κ2) is 3.86. The van der Waals surface area contributed by atoms with Gasteiger partial charge in [-0.15, -0.1) is 0 Å². The maximum atomic E-state index is 9.51. The Morgan fingerprint density at radius 2 is 2.00 bits per heavy atom. The van der Waals surface area contributed by atoms with E-state index in [-0.39, 0.29) is 13.2 Å². The van der Waals surface area contributed by atoms with Gasteiger partial charge < -0.3 is 19.7 Å². The molecule has 1 heterocycles. The summed E-state index contributed by atoms with van der Waals surface area (Å²) < 4.78 is 10.7. The quantitative estimate of drug-likeness (QED) is 0.672. The second-order valence-corrected chi connectivity index (χ2v) is 3.16. The SMILES string of the molecule is OC[C@H]1Oc2ccccc2OC[C@H]1O. The van der Waals surface area contributed by atoms with Crippen LogP contribution in [0.3, 0.4) is 0 Å². The van der Waals surface area contributed by atoms with Crippen molar-refractivity contribution in [3.05, 3.63) is 24.3 Å². The Labute approximate surface area is 81.7 Å². The molecule has 4 heteroatoms. The van der Waals surface area contributed by atoms with Gasteiger partial charge in [0, 0.05) is 0 Å². The molecule has 0 saturated carbocycles. The van der Waals surface area contributed by atoms with Gasteiger partial charge in [0.15, 0.2) is 17.6 Å². The van der Waals surface area contributed by atoms with Crippen molar-refractivity contribution in [2.75, 3.05) is 13.2 Å². The van der Waals surface area contributed by atoms with Gasteiger partial charge in [0.2, 0.25) is 0 Å². The lowest BCUT2D eigenvalue weighted by atomic mass is 10.2. The molecule has 0 spiro atoms. The lowest BCUT2D eigenvalue weighted by Gasteiger charge is -2.17. The van der Waals surface area contributed by atoms with Crippen molar-refractivity contribution >= 4 is 0 Å². The summed E-state index contributed by atoms with van der Waals surface area (Å²) in [6.45, 7) is -0.0822. The fraction of sp³-hybridized carbons (Fsp3) is 0.400. The van der Waals surface area contributed by atoms with Gasteiger partial charge in [0.05, 0.1) is 6.61 Å². The number of aliphatic hydroxyl groups excluding tert-OH is 2. The lowest BCUT2D eigenvalue weighted by molar-refractivity contribution is -0.00646. The molecule has 1 aliphatic rings. The van der Waals surface area contributed by atoms with Gasteiger partial charge in [-0.2, -0.15) is 0 Å². The van der Waals surface area contributed by atoms with E-state index in [0.29, 0.717) is 11.5 Å². The van der Waals surface area contributed by atoms with Crippen LogP contribution in [0, 0.1) is 0 Å². The largest absolute Gasteiger partial charge is 0.487 e. The van der Waals surface area contributed by atoms with Crippen LogP contribution < -0.4 is 9.47 Å². The Hall–Kier alpha value is -1.26. The number of aliphatic hydroxyl groups is 2. The summed E-state index contributed by atoms with van der Waals surface area (Å²) in [6, 6.07) is 7.15. The van der Waals surface area contributed by atoms with Crippen LogP contribution in [0.1, 0.15) is 0 Å². The van der Waals surface area contributed by atoms with E-state index < -0.39 is 12.2 Å². The molecule has 2 N–H and O–H groups in total. The predicted octanol–water partition coefficient (Wildman–Crippen LogP) is 0.180. The van der Waals surface area contributed by atoms with Crippen LogP contribution >= 0.6 is 0 Å². The molecule has 0 aliphatic carbocycles. The van der Waals surface area contributed by atoms with E-state index in [4.69, 9.17) is 14.6 Å². The van der Waals surface area contributed by atoms with Crippen LogP contribution in [0.25, 0.3) is 0 Å². The van der Waals surface area contributed by atoms with Crippen molar-refractivity contribution in [3.8, 4) is 11.5 Å². The predicted molar refractivity (Wildman–Crippen MR) is 49.4 cm³/mol. The van der Waals surface area contributed by atoms with Crippen molar-refractivity contribution < 1.29 is 19.7 Å². The van der Waals surface area contributed by atoms with Crippen molar-refractivity contribution in [2.45, 2.75) is 12.2 Å². The third-order valence-electron chi connectivity index (χ3n) is 2.15. The lowest BCUT2D eigenvalue weighted by Crippen LogP contribution is -2.37. The molecule has 0 radical (unpaired) electrons. The van der Waals surface area contributed by atoms with E-state index in [1.807, 2.05) is 12.1 Å². The Morgan fingerprint density at radius 1 is 1.29 bits per heavy atom. The fourth-order valence-corrected chi connectivity index (χ4v) is 1.35. The zero-order chi connectivity index (χ0) is 9.97. The van der Waals surface area contributed by atoms with Gasteiger partial charge in [-0.25, -0.2) is 0 Å². The molecular weight excluding hydrogens is 184 g/mol. The zero-order valence-electron chi connectivity index (χ0n) is 7.59. The topological polar surface area (TPSA) is 58.9 Å². The first-order valence-electron chi connectivity index (χ1n) is 4.48. The molecule has 2 rings (SSSR count). The fourth-order valence-electron chi connectivity index (χ4n) is 1.35. The van der Waals surface area contributed by atoms with Crippen LogP contribution in [0.15, 0.2) is 24.3 Å². The maximum Gasteiger partial charge on any atom is 0.161 e. The second-order valence-electron chi connectivity index (χ2n) is 3.16. The number of rotatable bonds is 1. The first kappa shape index (κ1) is 9.30. The number of hydrogen-bond donors (Lipinski definition) is 2. The summed E-state index contributed by atoms with van der Waals surface area (Å²) in [5.74, 6) is 1.16. The minimum absolute atomic E-state index is 0.141. The van der Waals surface area contributed by atoms with E-state index in [1.165, 1.54) is 0 Å². The maximum absolute atomic E-state index is 9.51. The van der Waals surface area contributed by atoms with Crippen LogP contribution in [0.4, 0.5) is 0 Å². The van der Waals surface area contributed by atoms with Gasteiger partial charge in [-0.05, 0) is 12.1 Å². The molecule has 4 nitrogen and oxygen atoms in total. The van der Waals surface area contributed by atoms with Crippen molar-refractivity contribution in [1.29, 1.82) is 0 Å². The molecule has 1 aliphatic heterocycles. The summed E-state index contributed by atoms with van der Waals surface area (Å²) in [4.78, 5) is 0. The van der Waals surface area contributed by atoms with Gasteiger partial charge in [-0.3, -0.25) is 0 Å². The molecule has 2 atom stereocenters. The Kier molecular flexibility index (Phi) is 2.56. The average Bonchev–Trinajstić information content (AvgIpc) is 2.38. The van der Waals surface area contributed by atoms with Gasteiger partial charge in [0.25, 0.3) is 0 Å². The zero-order valence-corrected chi connectivity index (χ0v) is 7.59. The summed E-state index contributed by atoms with van der Waals surface area (Å²) in [5.41, 5.74) is 0. The number of hydrogen-bond acceptors (Lipinski definition) is 4. The summed E-state index contributed by atoms with van der Waals surface area (Å²) in [5, 5.41) is 18.5. The smallest absolute Gasteiger partial charge is 0.161 e. The first-order chi connectivity index (χ1) is 6.81. The minimum Gasteiger partial charge on any atom is -0.487 e. The highest BCUT2D eigenvalue weighted by Gasteiger charge is 2.25. The normalized spacial score (nSPS) is 25.6. The minimum atomic E-state index is -0.799. The van der Waals surface area contributed by atoms with Crippen molar-refractivity contribution in [1.82, 2.24) is 0 Å². The molecule has 76 valence electrons. The molecule has 0 aromatic heterocycles. The van der Waals surface area contributed by atoms with Crippen molar-refractivity contribution in [2.24, 2.45) is 0 Å². The van der Waals surface area contributed by atoms with Crippen LogP contribution in [-0.2, 0) is 0 Å². The molecule has 0 fully saturated rings. The van der Waals surface area contributed by atoms with Gasteiger partial charge in [0.1, 0.15) is 12.7 Å². The number of fused-ring (bicyclic) bond motifs is 1. The van der Waals surface area contributed by atoms with E-state index in [0.717, 1.165) is 0 Å². The molecule has 0 saturated heterocycles. The van der Waals surface area contributed by atoms with E-state index in [1.54, 1.807) is 12.1 Å².